The first-order chi connectivity index (χ1) is 7.33. The molecule has 15 heavy (non-hydrogen) atoms. The molecule has 0 saturated heterocycles. The number of anilines is 1. The van der Waals surface area contributed by atoms with Crippen LogP contribution in [0.1, 0.15) is 30.9 Å². The van der Waals surface area contributed by atoms with E-state index in [1.54, 1.807) is 0 Å². The zero-order chi connectivity index (χ0) is 10.7. The van der Waals surface area contributed by atoms with Crippen molar-refractivity contribution in [1.82, 2.24) is 0 Å². The summed E-state index contributed by atoms with van der Waals surface area (Å²) in [4.78, 5) is 0. The van der Waals surface area contributed by atoms with Crippen molar-refractivity contribution in [3.8, 4) is 0 Å². The molecule has 0 aromatic heterocycles. The van der Waals surface area contributed by atoms with Gasteiger partial charge in [0, 0.05) is 11.7 Å². The Bertz CT molecular complexity index is 333. The van der Waals surface area contributed by atoms with Crippen molar-refractivity contribution >= 4 is 5.69 Å². The number of benzene rings is 1. The van der Waals surface area contributed by atoms with E-state index in [9.17, 15) is 0 Å². The summed E-state index contributed by atoms with van der Waals surface area (Å²) >= 11 is 0. The molecule has 2 nitrogen and oxygen atoms in total. The molecule has 1 aromatic carbocycles. The number of fused-ring (bicyclic) bond motifs is 1. The van der Waals surface area contributed by atoms with Gasteiger partial charge < -0.3 is 11.1 Å². The first kappa shape index (κ1) is 10.5. The van der Waals surface area contributed by atoms with E-state index in [-0.39, 0.29) is 0 Å². The molecule has 0 amide bonds. The first-order valence-electron chi connectivity index (χ1n) is 5.92. The van der Waals surface area contributed by atoms with Crippen LogP contribution in [-0.2, 0) is 12.8 Å². The van der Waals surface area contributed by atoms with Gasteiger partial charge in [0.05, 0.1) is 0 Å². The fourth-order valence-corrected chi connectivity index (χ4v) is 2.25. The summed E-state index contributed by atoms with van der Waals surface area (Å²) in [5.41, 5.74) is 9.81. The molecule has 1 unspecified atom stereocenters. The minimum Gasteiger partial charge on any atom is -0.382 e. The molecule has 0 bridgehead atoms. The number of nitrogens with two attached hydrogens (primary N) is 1. The van der Waals surface area contributed by atoms with Crippen LogP contribution >= 0.6 is 0 Å². The average molecular weight is 204 g/mol. The summed E-state index contributed by atoms with van der Waals surface area (Å²) in [6, 6.07) is 7.35. The number of rotatable bonds is 3. The highest BCUT2D eigenvalue weighted by Gasteiger charge is 2.16. The van der Waals surface area contributed by atoms with Gasteiger partial charge in [-0.1, -0.05) is 19.1 Å². The molecule has 0 fully saturated rings. The maximum absolute atomic E-state index is 5.58. The standard InChI is InChI=1S/C13H20N2/c1-2-10-3-6-13-11(9-10)4-5-12(15-13)7-8-14/h3,6,9,12,15H,2,4-5,7-8,14H2,1H3. The van der Waals surface area contributed by atoms with Gasteiger partial charge in [0.25, 0.3) is 0 Å². The lowest BCUT2D eigenvalue weighted by molar-refractivity contribution is 0.593. The zero-order valence-electron chi connectivity index (χ0n) is 9.42. The molecule has 1 aromatic rings. The fraction of sp³-hybridized carbons (Fsp3) is 0.538. The smallest absolute Gasteiger partial charge is 0.0375 e. The number of hydrogen-bond acceptors (Lipinski definition) is 2. The summed E-state index contributed by atoms with van der Waals surface area (Å²) < 4.78 is 0. The third-order valence-electron chi connectivity index (χ3n) is 3.21. The molecule has 3 N–H and O–H groups in total. The second-order valence-electron chi connectivity index (χ2n) is 4.30. The highest BCUT2D eigenvalue weighted by Crippen LogP contribution is 2.26. The van der Waals surface area contributed by atoms with Crippen molar-refractivity contribution < 1.29 is 0 Å². The van der Waals surface area contributed by atoms with Gasteiger partial charge in [-0.15, -0.1) is 0 Å². The topological polar surface area (TPSA) is 38.0 Å². The Morgan fingerprint density at radius 3 is 3.07 bits per heavy atom. The fourth-order valence-electron chi connectivity index (χ4n) is 2.25. The second kappa shape index (κ2) is 4.67. The Kier molecular flexibility index (Phi) is 3.27. The van der Waals surface area contributed by atoms with E-state index in [1.807, 2.05) is 0 Å². The largest absolute Gasteiger partial charge is 0.382 e. The van der Waals surface area contributed by atoms with Crippen molar-refractivity contribution in [2.24, 2.45) is 5.73 Å². The summed E-state index contributed by atoms with van der Waals surface area (Å²) in [5.74, 6) is 0. The number of aryl methyl sites for hydroxylation is 2. The van der Waals surface area contributed by atoms with Gasteiger partial charge in [0.15, 0.2) is 0 Å². The van der Waals surface area contributed by atoms with Crippen LogP contribution in [0.2, 0.25) is 0 Å². The van der Waals surface area contributed by atoms with Crippen LogP contribution in [0.25, 0.3) is 0 Å². The van der Waals surface area contributed by atoms with E-state index < -0.39 is 0 Å². The Balaban J connectivity index is 2.13. The van der Waals surface area contributed by atoms with E-state index in [0.29, 0.717) is 6.04 Å². The van der Waals surface area contributed by atoms with E-state index in [1.165, 1.54) is 29.7 Å². The van der Waals surface area contributed by atoms with Crippen LogP contribution in [0.4, 0.5) is 5.69 Å². The average Bonchev–Trinajstić information content (AvgIpc) is 2.29. The lowest BCUT2D eigenvalue weighted by atomic mass is 9.94. The molecule has 0 radical (unpaired) electrons. The summed E-state index contributed by atoms with van der Waals surface area (Å²) in [6.07, 6.45) is 4.62. The quantitative estimate of drug-likeness (QED) is 0.793. The molecule has 1 aliphatic heterocycles. The summed E-state index contributed by atoms with van der Waals surface area (Å²) in [7, 11) is 0. The molecule has 1 aliphatic rings. The van der Waals surface area contributed by atoms with Gasteiger partial charge in [-0.25, -0.2) is 0 Å². The van der Waals surface area contributed by atoms with E-state index in [0.717, 1.165) is 19.4 Å². The lowest BCUT2D eigenvalue weighted by Crippen LogP contribution is -2.27. The maximum atomic E-state index is 5.58. The normalized spacial score (nSPS) is 19.5. The minimum atomic E-state index is 0.579. The minimum absolute atomic E-state index is 0.579. The van der Waals surface area contributed by atoms with Crippen LogP contribution in [-0.4, -0.2) is 12.6 Å². The van der Waals surface area contributed by atoms with Gasteiger partial charge >= 0.3 is 0 Å². The molecule has 0 saturated carbocycles. The predicted molar refractivity (Wildman–Crippen MR) is 65.2 cm³/mol. The first-order valence-corrected chi connectivity index (χ1v) is 5.92. The molecule has 82 valence electrons. The monoisotopic (exact) mass is 204 g/mol. The van der Waals surface area contributed by atoms with Crippen molar-refractivity contribution in [3.63, 3.8) is 0 Å². The van der Waals surface area contributed by atoms with Crippen LogP contribution in [0.5, 0.6) is 0 Å². The molecule has 0 spiro atoms. The Hall–Kier alpha value is -1.02. The number of nitrogens with one attached hydrogen (secondary N) is 1. The van der Waals surface area contributed by atoms with Crippen molar-refractivity contribution in [1.29, 1.82) is 0 Å². The summed E-state index contributed by atoms with van der Waals surface area (Å²) in [5, 5.41) is 3.57. The van der Waals surface area contributed by atoms with Gasteiger partial charge in [-0.3, -0.25) is 0 Å². The van der Waals surface area contributed by atoms with Crippen LogP contribution in [0.3, 0.4) is 0 Å². The Morgan fingerprint density at radius 1 is 1.47 bits per heavy atom. The molecular formula is C13H20N2. The van der Waals surface area contributed by atoms with Crippen LogP contribution in [0.15, 0.2) is 18.2 Å². The molecule has 2 heteroatoms. The van der Waals surface area contributed by atoms with Crippen molar-refractivity contribution in [2.75, 3.05) is 11.9 Å². The zero-order valence-corrected chi connectivity index (χ0v) is 9.42. The highest BCUT2D eigenvalue weighted by molar-refractivity contribution is 5.55. The third-order valence-corrected chi connectivity index (χ3v) is 3.21. The van der Waals surface area contributed by atoms with Gasteiger partial charge in [0.2, 0.25) is 0 Å². The van der Waals surface area contributed by atoms with Gasteiger partial charge in [-0.05, 0) is 49.4 Å². The third kappa shape index (κ3) is 2.32. The Morgan fingerprint density at radius 2 is 2.33 bits per heavy atom. The van der Waals surface area contributed by atoms with Crippen molar-refractivity contribution in [2.45, 2.75) is 38.6 Å². The van der Waals surface area contributed by atoms with E-state index in [2.05, 4.69) is 30.4 Å². The second-order valence-corrected chi connectivity index (χ2v) is 4.30. The van der Waals surface area contributed by atoms with E-state index >= 15 is 0 Å². The van der Waals surface area contributed by atoms with E-state index in [4.69, 9.17) is 5.73 Å². The van der Waals surface area contributed by atoms with Gasteiger partial charge in [-0.2, -0.15) is 0 Å². The molecular weight excluding hydrogens is 184 g/mol. The van der Waals surface area contributed by atoms with Crippen LogP contribution in [0, 0.1) is 0 Å². The van der Waals surface area contributed by atoms with Crippen LogP contribution < -0.4 is 11.1 Å². The highest BCUT2D eigenvalue weighted by atomic mass is 14.9. The molecule has 0 aliphatic carbocycles. The maximum Gasteiger partial charge on any atom is 0.0375 e. The van der Waals surface area contributed by atoms with Crippen molar-refractivity contribution in [3.05, 3.63) is 29.3 Å². The Labute approximate surface area is 91.9 Å². The summed E-state index contributed by atoms with van der Waals surface area (Å²) in [6.45, 7) is 2.98. The molecule has 1 atom stereocenters. The molecule has 2 rings (SSSR count). The predicted octanol–water partition coefficient (Wildman–Crippen LogP) is 2.32. The van der Waals surface area contributed by atoms with Gasteiger partial charge in [0.1, 0.15) is 0 Å². The number of hydrogen-bond donors (Lipinski definition) is 2. The SMILES string of the molecule is CCc1ccc2c(c1)CCC(CCN)N2. The lowest BCUT2D eigenvalue weighted by Gasteiger charge is -2.27. The molecule has 1 heterocycles.